The first-order valence-corrected chi connectivity index (χ1v) is 4.43. The molecule has 0 aliphatic rings. The van der Waals surface area contributed by atoms with E-state index >= 15 is 0 Å². The first-order valence-electron chi connectivity index (χ1n) is 4.43. The van der Waals surface area contributed by atoms with Crippen LogP contribution in [0.15, 0.2) is 0 Å². The first-order chi connectivity index (χ1) is 5.61. The molecule has 0 heterocycles. The molecule has 74 valence electrons. The van der Waals surface area contributed by atoms with Crippen molar-refractivity contribution in [2.24, 2.45) is 11.7 Å². The lowest BCUT2D eigenvalue weighted by Crippen LogP contribution is -2.37. The fourth-order valence-corrected chi connectivity index (χ4v) is 1.11. The van der Waals surface area contributed by atoms with Gasteiger partial charge in [0.25, 0.3) is 0 Å². The molecule has 0 bridgehead atoms. The van der Waals surface area contributed by atoms with Crippen molar-refractivity contribution >= 4 is 0 Å². The van der Waals surface area contributed by atoms with Crippen LogP contribution < -0.4 is 5.73 Å². The Bertz CT molecular complexity index is 103. The quantitative estimate of drug-likeness (QED) is 0.620. The van der Waals surface area contributed by atoms with Gasteiger partial charge in [-0.15, -0.1) is 0 Å². The van der Waals surface area contributed by atoms with E-state index in [4.69, 9.17) is 15.2 Å². The highest BCUT2D eigenvalue weighted by Gasteiger charge is 2.15. The number of methoxy groups -OCH3 is 2. The molecule has 1 atom stereocenters. The van der Waals surface area contributed by atoms with Crippen molar-refractivity contribution < 1.29 is 9.47 Å². The van der Waals surface area contributed by atoms with Crippen LogP contribution in [0, 0.1) is 5.92 Å². The topological polar surface area (TPSA) is 44.5 Å². The molecule has 3 nitrogen and oxygen atoms in total. The van der Waals surface area contributed by atoms with Gasteiger partial charge in [0.05, 0.1) is 6.04 Å². The molecule has 0 amide bonds. The van der Waals surface area contributed by atoms with Crippen molar-refractivity contribution in [3.05, 3.63) is 0 Å². The first kappa shape index (κ1) is 11.9. The SMILES string of the molecule is COC(OC)C(N)CCC(C)C. The van der Waals surface area contributed by atoms with Gasteiger partial charge in [0.15, 0.2) is 6.29 Å². The molecular formula is C9H21NO2. The average molecular weight is 175 g/mol. The van der Waals surface area contributed by atoms with Crippen LogP contribution in [0.1, 0.15) is 26.7 Å². The number of nitrogens with two attached hydrogens (primary N) is 1. The summed E-state index contributed by atoms with van der Waals surface area (Å²) in [7, 11) is 3.23. The van der Waals surface area contributed by atoms with Crippen LogP contribution >= 0.6 is 0 Å². The summed E-state index contributed by atoms with van der Waals surface area (Å²) in [6.45, 7) is 4.36. The average Bonchev–Trinajstić information content (AvgIpc) is 2.03. The molecule has 0 rings (SSSR count). The maximum Gasteiger partial charge on any atom is 0.171 e. The number of rotatable bonds is 6. The normalized spacial score (nSPS) is 14.2. The molecule has 0 saturated heterocycles. The molecule has 3 heteroatoms. The molecule has 0 saturated carbocycles. The second-order valence-electron chi connectivity index (χ2n) is 3.47. The number of ether oxygens (including phenoxy) is 2. The Morgan fingerprint density at radius 2 is 1.58 bits per heavy atom. The maximum absolute atomic E-state index is 5.84. The third-order valence-electron chi connectivity index (χ3n) is 1.89. The third kappa shape index (κ3) is 4.70. The molecule has 0 aromatic rings. The van der Waals surface area contributed by atoms with Crippen LogP contribution in [-0.2, 0) is 9.47 Å². The molecule has 2 N–H and O–H groups in total. The van der Waals surface area contributed by atoms with Gasteiger partial charge in [-0.05, 0) is 18.8 Å². The Morgan fingerprint density at radius 3 is 1.92 bits per heavy atom. The summed E-state index contributed by atoms with van der Waals surface area (Å²) >= 11 is 0. The van der Waals surface area contributed by atoms with Crippen LogP contribution in [0.2, 0.25) is 0 Å². The number of hydrogen-bond donors (Lipinski definition) is 1. The summed E-state index contributed by atoms with van der Waals surface area (Å²) in [6, 6.07) is -0.0117. The summed E-state index contributed by atoms with van der Waals surface area (Å²) < 4.78 is 10.1. The fraction of sp³-hybridized carbons (Fsp3) is 1.00. The van der Waals surface area contributed by atoms with Crippen LogP contribution in [0.25, 0.3) is 0 Å². The van der Waals surface area contributed by atoms with Crippen molar-refractivity contribution in [2.75, 3.05) is 14.2 Å². The van der Waals surface area contributed by atoms with Gasteiger partial charge in [0.2, 0.25) is 0 Å². The predicted molar refractivity (Wildman–Crippen MR) is 49.9 cm³/mol. The summed E-state index contributed by atoms with van der Waals surface area (Å²) in [5.74, 6) is 0.686. The van der Waals surface area contributed by atoms with Gasteiger partial charge in [-0.3, -0.25) is 0 Å². The van der Waals surface area contributed by atoms with Gasteiger partial charge in [-0.1, -0.05) is 13.8 Å². The van der Waals surface area contributed by atoms with Crippen molar-refractivity contribution in [2.45, 2.75) is 39.0 Å². The van der Waals surface area contributed by atoms with Crippen molar-refractivity contribution in [1.29, 1.82) is 0 Å². The molecule has 0 spiro atoms. The van der Waals surface area contributed by atoms with E-state index in [1.165, 1.54) is 0 Å². The maximum atomic E-state index is 5.84. The fourth-order valence-electron chi connectivity index (χ4n) is 1.11. The standard InChI is InChI=1S/C9H21NO2/c1-7(2)5-6-8(10)9(11-3)12-4/h7-9H,5-6,10H2,1-4H3. The lowest BCUT2D eigenvalue weighted by molar-refractivity contribution is -0.117. The highest BCUT2D eigenvalue weighted by molar-refractivity contribution is 4.65. The Morgan fingerprint density at radius 1 is 1.08 bits per heavy atom. The summed E-state index contributed by atoms with van der Waals surface area (Å²) in [5.41, 5.74) is 5.84. The molecule has 0 fully saturated rings. The molecular weight excluding hydrogens is 154 g/mol. The summed E-state index contributed by atoms with van der Waals surface area (Å²) in [4.78, 5) is 0. The Balaban J connectivity index is 3.61. The summed E-state index contributed by atoms with van der Waals surface area (Å²) in [6.07, 6.45) is 1.80. The molecule has 0 aromatic heterocycles. The van der Waals surface area contributed by atoms with E-state index in [1.807, 2.05) is 0 Å². The third-order valence-corrected chi connectivity index (χ3v) is 1.89. The molecule has 0 aliphatic heterocycles. The van der Waals surface area contributed by atoms with E-state index in [2.05, 4.69) is 13.8 Å². The van der Waals surface area contributed by atoms with E-state index in [0.717, 1.165) is 12.8 Å². The Kier molecular flexibility index (Phi) is 6.34. The van der Waals surface area contributed by atoms with E-state index < -0.39 is 0 Å². The zero-order valence-corrected chi connectivity index (χ0v) is 8.54. The van der Waals surface area contributed by atoms with Gasteiger partial charge in [-0.25, -0.2) is 0 Å². The largest absolute Gasteiger partial charge is 0.354 e. The van der Waals surface area contributed by atoms with E-state index in [1.54, 1.807) is 14.2 Å². The zero-order chi connectivity index (χ0) is 9.56. The van der Waals surface area contributed by atoms with Crippen LogP contribution in [0.4, 0.5) is 0 Å². The van der Waals surface area contributed by atoms with Crippen molar-refractivity contribution in [3.63, 3.8) is 0 Å². The molecule has 1 unspecified atom stereocenters. The predicted octanol–water partition coefficient (Wildman–Crippen LogP) is 1.37. The van der Waals surface area contributed by atoms with Gasteiger partial charge in [0.1, 0.15) is 0 Å². The monoisotopic (exact) mass is 175 g/mol. The van der Waals surface area contributed by atoms with Crippen LogP contribution in [-0.4, -0.2) is 26.6 Å². The van der Waals surface area contributed by atoms with Gasteiger partial charge >= 0.3 is 0 Å². The van der Waals surface area contributed by atoms with Gasteiger partial charge < -0.3 is 15.2 Å². The molecule has 12 heavy (non-hydrogen) atoms. The van der Waals surface area contributed by atoms with Gasteiger partial charge in [-0.2, -0.15) is 0 Å². The minimum Gasteiger partial charge on any atom is -0.354 e. The minimum absolute atomic E-state index is 0.0117. The highest BCUT2D eigenvalue weighted by atomic mass is 16.7. The zero-order valence-electron chi connectivity index (χ0n) is 8.54. The highest BCUT2D eigenvalue weighted by Crippen LogP contribution is 2.09. The molecule has 0 radical (unpaired) electrons. The van der Waals surface area contributed by atoms with E-state index in [0.29, 0.717) is 5.92 Å². The minimum atomic E-state index is -0.260. The van der Waals surface area contributed by atoms with E-state index in [-0.39, 0.29) is 12.3 Å². The van der Waals surface area contributed by atoms with Crippen LogP contribution in [0.3, 0.4) is 0 Å². The van der Waals surface area contributed by atoms with E-state index in [9.17, 15) is 0 Å². The lowest BCUT2D eigenvalue weighted by atomic mass is 10.0. The second-order valence-corrected chi connectivity index (χ2v) is 3.47. The van der Waals surface area contributed by atoms with Crippen molar-refractivity contribution in [1.82, 2.24) is 0 Å². The Hall–Kier alpha value is -0.120. The molecule has 0 aromatic carbocycles. The van der Waals surface area contributed by atoms with Crippen LogP contribution in [0.5, 0.6) is 0 Å². The smallest absolute Gasteiger partial charge is 0.171 e. The van der Waals surface area contributed by atoms with Crippen molar-refractivity contribution in [3.8, 4) is 0 Å². The molecule has 0 aliphatic carbocycles. The lowest BCUT2D eigenvalue weighted by Gasteiger charge is -2.21. The summed E-state index contributed by atoms with van der Waals surface area (Å²) in [5, 5.41) is 0. The Labute approximate surface area is 75.2 Å². The number of hydrogen-bond acceptors (Lipinski definition) is 3. The van der Waals surface area contributed by atoms with Gasteiger partial charge in [0, 0.05) is 14.2 Å². The second kappa shape index (κ2) is 6.40.